The standard InChI is InChI=1S/C12H13NOS2/c14-10(8-12-13-6-7-15-12)9-16-11-4-2-1-3-5-11/h1-7,10,14H,8-9H2. The molecule has 0 saturated carbocycles. The number of aliphatic hydroxyl groups excluding tert-OH is 1. The van der Waals surface area contributed by atoms with Crippen molar-refractivity contribution in [3.63, 3.8) is 0 Å². The number of hydrogen-bond donors (Lipinski definition) is 1. The molecule has 1 heterocycles. The molecule has 1 atom stereocenters. The Kier molecular flexibility index (Phi) is 4.39. The van der Waals surface area contributed by atoms with E-state index in [-0.39, 0.29) is 6.10 Å². The van der Waals surface area contributed by atoms with Crippen molar-refractivity contribution in [3.8, 4) is 0 Å². The second-order valence-electron chi connectivity index (χ2n) is 3.41. The fourth-order valence-electron chi connectivity index (χ4n) is 1.32. The van der Waals surface area contributed by atoms with Crippen LogP contribution in [0.2, 0.25) is 0 Å². The molecule has 0 radical (unpaired) electrons. The molecule has 4 heteroatoms. The SMILES string of the molecule is OC(CSc1ccccc1)Cc1nccs1. The summed E-state index contributed by atoms with van der Waals surface area (Å²) < 4.78 is 0. The highest BCUT2D eigenvalue weighted by atomic mass is 32.2. The fraction of sp³-hybridized carbons (Fsp3) is 0.250. The van der Waals surface area contributed by atoms with Crippen LogP contribution in [0.15, 0.2) is 46.8 Å². The Morgan fingerprint density at radius 2 is 2.12 bits per heavy atom. The monoisotopic (exact) mass is 251 g/mol. The van der Waals surface area contributed by atoms with Gasteiger partial charge in [0, 0.05) is 28.6 Å². The third kappa shape index (κ3) is 3.63. The van der Waals surface area contributed by atoms with Crippen molar-refractivity contribution in [2.45, 2.75) is 17.4 Å². The fourth-order valence-corrected chi connectivity index (χ4v) is 2.86. The molecule has 1 unspecified atom stereocenters. The molecular formula is C12H13NOS2. The first kappa shape index (κ1) is 11.6. The van der Waals surface area contributed by atoms with E-state index in [4.69, 9.17) is 0 Å². The van der Waals surface area contributed by atoms with Crippen LogP contribution in [-0.4, -0.2) is 21.9 Å². The van der Waals surface area contributed by atoms with Crippen molar-refractivity contribution in [2.75, 3.05) is 5.75 Å². The molecule has 2 aromatic rings. The quantitative estimate of drug-likeness (QED) is 0.830. The van der Waals surface area contributed by atoms with Crippen molar-refractivity contribution in [1.82, 2.24) is 4.98 Å². The lowest BCUT2D eigenvalue weighted by Gasteiger charge is -2.08. The number of rotatable bonds is 5. The van der Waals surface area contributed by atoms with Gasteiger partial charge in [0.15, 0.2) is 0 Å². The predicted octanol–water partition coefficient (Wildman–Crippen LogP) is 2.84. The second kappa shape index (κ2) is 6.03. The van der Waals surface area contributed by atoms with Crippen LogP contribution in [0.1, 0.15) is 5.01 Å². The van der Waals surface area contributed by atoms with E-state index >= 15 is 0 Å². The summed E-state index contributed by atoms with van der Waals surface area (Å²) in [7, 11) is 0. The zero-order chi connectivity index (χ0) is 11.2. The molecule has 1 aromatic carbocycles. The minimum atomic E-state index is -0.323. The molecule has 0 amide bonds. The van der Waals surface area contributed by atoms with Gasteiger partial charge in [0.2, 0.25) is 0 Å². The molecule has 84 valence electrons. The van der Waals surface area contributed by atoms with Gasteiger partial charge in [-0.3, -0.25) is 0 Å². The largest absolute Gasteiger partial charge is 0.392 e. The molecule has 0 spiro atoms. The molecule has 0 fully saturated rings. The van der Waals surface area contributed by atoms with Crippen LogP contribution in [-0.2, 0) is 6.42 Å². The van der Waals surface area contributed by atoms with E-state index in [1.807, 2.05) is 23.6 Å². The number of benzene rings is 1. The van der Waals surface area contributed by atoms with Gasteiger partial charge in [0.1, 0.15) is 0 Å². The third-order valence-corrected chi connectivity index (χ3v) is 4.04. The molecule has 0 aliphatic heterocycles. The summed E-state index contributed by atoms with van der Waals surface area (Å²) in [6.07, 6.45) is 2.10. The van der Waals surface area contributed by atoms with Crippen LogP contribution in [0.4, 0.5) is 0 Å². The Morgan fingerprint density at radius 3 is 2.81 bits per heavy atom. The van der Waals surface area contributed by atoms with E-state index in [0.29, 0.717) is 12.2 Å². The van der Waals surface area contributed by atoms with Crippen LogP contribution in [0, 0.1) is 0 Å². The lowest BCUT2D eigenvalue weighted by atomic mass is 10.3. The van der Waals surface area contributed by atoms with E-state index in [9.17, 15) is 5.11 Å². The zero-order valence-corrected chi connectivity index (χ0v) is 10.4. The molecule has 16 heavy (non-hydrogen) atoms. The average molecular weight is 251 g/mol. The molecule has 0 aliphatic carbocycles. The van der Waals surface area contributed by atoms with E-state index in [1.165, 1.54) is 4.90 Å². The van der Waals surface area contributed by atoms with Crippen LogP contribution in [0.5, 0.6) is 0 Å². The molecule has 1 N–H and O–H groups in total. The van der Waals surface area contributed by atoms with Gasteiger partial charge in [-0.1, -0.05) is 18.2 Å². The normalized spacial score (nSPS) is 12.6. The van der Waals surface area contributed by atoms with Crippen LogP contribution in [0.3, 0.4) is 0 Å². The predicted molar refractivity (Wildman–Crippen MR) is 69.0 cm³/mol. The Bertz CT molecular complexity index is 402. The zero-order valence-electron chi connectivity index (χ0n) is 8.74. The van der Waals surface area contributed by atoms with Gasteiger partial charge in [0.05, 0.1) is 11.1 Å². The number of hydrogen-bond acceptors (Lipinski definition) is 4. The Balaban J connectivity index is 1.78. The van der Waals surface area contributed by atoms with Gasteiger partial charge in [-0.05, 0) is 12.1 Å². The first-order chi connectivity index (χ1) is 7.84. The maximum absolute atomic E-state index is 9.83. The van der Waals surface area contributed by atoms with Gasteiger partial charge in [-0.15, -0.1) is 23.1 Å². The van der Waals surface area contributed by atoms with Crippen molar-refractivity contribution in [1.29, 1.82) is 0 Å². The summed E-state index contributed by atoms with van der Waals surface area (Å²) in [6.45, 7) is 0. The number of aliphatic hydroxyl groups is 1. The van der Waals surface area contributed by atoms with Gasteiger partial charge in [0.25, 0.3) is 0 Å². The first-order valence-electron chi connectivity index (χ1n) is 5.09. The highest BCUT2D eigenvalue weighted by Gasteiger charge is 2.07. The van der Waals surface area contributed by atoms with Crippen molar-refractivity contribution in [2.24, 2.45) is 0 Å². The molecule has 2 rings (SSSR count). The van der Waals surface area contributed by atoms with E-state index < -0.39 is 0 Å². The van der Waals surface area contributed by atoms with E-state index in [0.717, 1.165) is 5.01 Å². The number of nitrogens with zero attached hydrogens (tertiary/aromatic N) is 1. The van der Waals surface area contributed by atoms with Crippen molar-refractivity contribution in [3.05, 3.63) is 46.9 Å². The first-order valence-corrected chi connectivity index (χ1v) is 6.95. The highest BCUT2D eigenvalue weighted by molar-refractivity contribution is 7.99. The van der Waals surface area contributed by atoms with Gasteiger partial charge in [-0.2, -0.15) is 0 Å². The summed E-state index contributed by atoms with van der Waals surface area (Å²) in [5, 5.41) is 12.8. The summed E-state index contributed by atoms with van der Waals surface area (Å²) in [6, 6.07) is 10.1. The minimum absolute atomic E-state index is 0.323. The van der Waals surface area contributed by atoms with E-state index in [2.05, 4.69) is 17.1 Å². The second-order valence-corrected chi connectivity index (χ2v) is 5.48. The molecular weight excluding hydrogens is 238 g/mol. The number of thioether (sulfide) groups is 1. The number of aromatic nitrogens is 1. The summed E-state index contributed by atoms with van der Waals surface area (Å²) in [5.74, 6) is 0.712. The van der Waals surface area contributed by atoms with Crippen molar-refractivity contribution < 1.29 is 5.11 Å². The molecule has 0 aliphatic rings. The summed E-state index contributed by atoms with van der Waals surface area (Å²) in [5.41, 5.74) is 0. The highest BCUT2D eigenvalue weighted by Crippen LogP contribution is 2.19. The Labute approximate surface area is 103 Å². The molecule has 0 bridgehead atoms. The minimum Gasteiger partial charge on any atom is -0.392 e. The van der Waals surface area contributed by atoms with Crippen molar-refractivity contribution >= 4 is 23.1 Å². The molecule has 0 saturated heterocycles. The van der Waals surface area contributed by atoms with Gasteiger partial charge >= 0.3 is 0 Å². The topological polar surface area (TPSA) is 33.1 Å². The average Bonchev–Trinajstić information content (AvgIpc) is 2.81. The molecule has 2 nitrogen and oxygen atoms in total. The van der Waals surface area contributed by atoms with E-state index in [1.54, 1.807) is 29.3 Å². The maximum Gasteiger partial charge on any atom is 0.0950 e. The lowest BCUT2D eigenvalue weighted by Crippen LogP contribution is -2.13. The Morgan fingerprint density at radius 1 is 1.31 bits per heavy atom. The van der Waals surface area contributed by atoms with Crippen LogP contribution >= 0.6 is 23.1 Å². The maximum atomic E-state index is 9.83. The lowest BCUT2D eigenvalue weighted by molar-refractivity contribution is 0.200. The third-order valence-electron chi connectivity index (χ3n) is 2.08. The smallest absolute Gasteiger partial charge is 0.0950 e. The Hall–Kier alpha value is -0.840. The summed E-state index contributed by atoms with van der Waals surface area (Å²) >= 11 is 3.27. The van der Waals surface area contributed by atoms with Crippen LogP contribution in [0.25, 0.3) is 0 Å². The van der Waals surface area contributed by atoms with Gasteiger partial charge < -0.3 is 5.11 Å². The van der Waals surface area contributed by atoms with Crippen LogP contribution < -0.4 is 0 Å². The summed E-state index contributed by atoms with van der Waals surface area (Å²) in [4.78, 5) is 5.36. The van der Waals surface area contributed by atoms with Gasteiger partial charge in [-0.25, -0.2) is 4.98 Å². The number of thiazole rings is 1. The molecule has 1 aromatic heterocycles.